The van der Waals surface area contributed by atoms with Crippen LogP contribution in [0.3, 0.4) is 0 Å². The third kappa shape index (κ3) is 2.86. The normalized spacial score (nSPS) is 10.9. The Morgan fingerprint density at radius 2 is 1.83 bits per heavy atom. The van der Waals surface area contributed by atoms with Crippen LogP contribution < -0.4 is 21.6 Å². The highest BCUT2D eigenvalue weighted by molar-refractivity contribution is 5.91. The Balaban J connectivity index is 2.01. The summed E-state index contributed by atoms with van der Waals surface area (Å²) in [5.41, 5.74) is 5.11. The van der Waals surface area contributed by atoms with E-state index in [0.717, 1.165) is 6.42 Å². The maximum Gasteiger partial charge on any atom is 0.274 e. The van der Waals surface area contributed by atoms with Gasteiger partial charge in [0.1, 0.15) is 11.4 Å². The van der Waals surface area contributed by atoms with Crippen molar-refractivity contribution in [3.05, 3.63) is 51.2 Å². The third-order valence-electron chi connectivity index (χ3n) is 3.56. The Bertz CT molecular complexity index is 976. The highest BCUT2D eigenvalue weighted by atomic mass is 16.5. The number of H-pyrrole nitrogens is 2. The van der Waals surface area contributed by atoms with Gasteiger partial charge in [-0.1, -0.05) is 0 Å². The van der Waals surface area contributed by atoms with Gasteiger partial charge in [-0.3, -0.25) is 24.8 Å². The molecule has 0 aliphatic carbocycles. The van der Waals surface area contributed by atoms with Crippen LogP contribution in [-0.4, -0.2) is 33.4 Å². The van der Waals surface area contributed by atoms with Crippen LogP contribution in [0.5, 0.6) is 11.5 Å². The van der Waals surface area contributed by atoms with E-state index >= 15 is 0 Å². The van der Waals surface area contributed by atoms with Gasteiger partial charge < -0.3 is 15.6 Å². The van der Waals surface area contributed by atoms with E-state index in [1.165, 1.54) is 6.20 Å². The zero-order valence-corrected chi connectivity index (χ0v) is 12.7. The van der Waals surface area contributed by atoms with Crippen molar-refractivity contribution in [2.45, 2.75) is 6.42 Å². The summed E-state index contributed by atoms with van der Waals surface area (Å²) in [4.78, 5) is 27.7. The van der Waals surface area contributed by atoms with Gasteiger partial charge in [0.25, 0.3) is 11.1 Å². The number of fused-ring (bicyclic) bond motifs is 1. The van der Waals surface area contributed by atoms with E-state index in [1.54, 1.807) is 24.3 Å². The molecule has 8 nitrogen and oxygen atoms in total. The first kappa shape index (κ1) is 15.8. The fourth-order valence-corrected chi connectivity index (χ4v) is 2.34. The van der Waals surface area contributed by atoms with Crippen molar-refractivity contribution in [3.63, 3.8) is 0 Å². The van der Waals surface area contributed by atoms with E-state index in [1.807, 2.05) is 0 Å². The maximum absolute atomic E-state index is 11.9. The van der Waals surface area contributed by atoms with Crippen LogP contribution in [0.4, 0.5) is 0 Å². The number of aromatic hydroxyl groups is 1. The van der Waals surface area contributed by atoms with Crippen LogP contribution >= 0.6 is 0 Å². The number of benzene rings is 1. The molecular weight excluding hydrogens is 312 g/mol. The minimum absolute atomic E-state index is 0.0294. The summed E-state index contributed by atoms with van der Waals surface area (Å²) < 4.78 is 5.51. The first-order valence-electron chi connectivity index (χ1n) is 7.37. The fraction of sp³-hybridized carbons (Fsp3) is 0.188. The zero-order chi connectivity index (χ0) is 17.1. The lowest BCUT2D eigenvalue weighted by Crippen LogP contribution is -2.19. The molecule has 0 saturated heterocycles. The summed E-state index contributed by atoms with van der Waals surface area (Å²) in [6, 6.07) is 6.90. The Hall–Kier alpha value is -3.13. The van der Waals surface area contributed by atoms with Crippen LogP contribution in [0.1, 0.15) is 6.42 Å². The molecular formula is C16H16N4O4. The number of aromatic nitrogens is 3. The minimum Gasteiger partial charge on any atom is -0.505 e. The molecule has 24 heavy (non-hydrogen) atoms. The Labute approximate surface area is 135 Å². The minimum atomic E-state index is -0.590. The van der Waals surface area contributed by atoms with E-state index < -0.39 is 11.1 Å². The van der Waals surface area contributed by atoms with Crippen LogP contribution in [0, 0.1) is 0 Å². The maximum atomic E-state index is 11.9. The Morgan fingerprint density at radius 1 is 1.12 bits per heavy atom. The van der Waals surface area contributed by atoms with Gasteiger partial charge >= 0.3 is 0 Å². The predicted octanol–water partition coefficient (Wildman–Crippen LogP) is 0.712. The molecule has 0 aliphatic rings. The van der Waals surface area contributed by atoms with Crippen molar-refractivity contribution in [2.24, 2.45) is 5.73 Å². The molecule has 0 amide bonds. The quantitative estimate of drug-likeness (QED) is 0.510. The van der Waals surface area contributed by atoms with Crippen LogP contribution in [-0.2, 0) is 0 Å². The third-order valence-corrected chi connectivity index (χ3v) is 3.56. The molecule has 8 heteroatoms. The van der Waals surface area contributed by atoms with E-state index in [0.29, 0.717) is 24.5 Å². The highest BCUT2D eigenvalue weighted by Gasteiger charge is 2.15. The molecule has 0 radical (unpaired) electrons. The topological polar surface area (TPSA) is 134 Å². The zero-order valence-electron chi connectivity index (χ0n) is 12.7. The molecule has 0 spiro atoms. The van der Waals surface area contributed by atoms with Gasteiger partial charge in [0.15, 0.2) is 5.75 Å². The summed E-state index contributed by atoms with van der Waals surface area (Å²) in [5, 5.41) is 14.7. The van der Waals surface area contributed by atoms with Crippen molar-refractivity contribution in [3.8, 4) is 22.8 Å². The summed E-state index contributed by atoms with van der Waals surface area (Å²) >= 11 is 0. The van der Waals surface area contributed by atoms with E-state index in [-0.39, 0.29) is 22.2 Å². The SMILES string of the molecule is NCCCOc1ccc(-c2ncc3c(=O)[nH][nH]c(=O)c3c2O)cc1. The molecule has 0 atom stereocenters. The number of hydrogen-bond acceptors (Lipinski definition) is 6. The first-order chi connectivity index (χ1) is 11.6. The van der Waals surface area contributed by atoms with Gasteiger partial charge in [-0.25, -0.2) is 0 Å². The Kier molecular flexibility index (Phi) is 4.30. The molecule has 0 saturated carbocycles. The van der Waals surface area contributed by atoms with Crippen molar-refractivity contribution in [1.82, 2.24) is 15.2 Å². The molecule has 5 N–H and O–H groups in total. The smallest absolute Gasteiger partial charge is 0.274 e. The van der Waals surface area contributed by atoms with E-state index in [2.05, 4.69) is 15.2 Å². The lowest BCUT2D eigenvalue weighted by Gasteiger charge is -2.08. The largest absolute Gasteiger partial charge is 0.505 e. The second kappa shape index (κ2) is 6.55. The second-order valence-electron chi connectivity index (χ2n) is 5.17. The number of ether oxygens (including phenoxy) is 1. The predicted molar refractivity (Wildman–Crippen MR) is 89.3 cm³/mol. The number of hydrogen-bond donors (Lipinski definition) is 4. The fourth-order valence-electron chi connectivity index (χ4n) is 2.34. The van der Waals surface area contributed by atoms with Crippen molar-refractivity contribution < 1.29 is 9.84 Å². The number of rotatable bonds is 5. The average Bonchev–Trinajstić information content (AvgIpc) is 2.59. The number of aromatic amines is 2. The van der Waals surface area contributed by atoms with Crippen molar-refractivity contribution in [2.75, 3.05) is 13.2 Å². The van der Waals surface area contributed by atoms with Gasteiger partial charge in [0, 0.05) is 11.8 Å². The number of nitrogens with zero attached hydrogens (tertiary/aromatic N) is 1. The van der Waals surface area contributed by atoms with Crippen molar-refractivity contribution in [1.29, 1.82) is 0 Å². The molecule has 124 valence electrons. The van der Waals surface area contributed by atoms with Gasteiger partial charge in [0.05, 0.1) is 17.4 Å². The van der Waals surface area contributed by atoms with Crippen LogP contribution in [0.15, 0.2) is 40.1 Å². The summed E-state index contributed by atoms with van der Waals surface area (Å²) in [6.45, 7) is 1.08. The van der Waals surface area contributed by atoms with E-state index in [9.17, 15) is 14.7 Å². The number of pyridine rings is 1. The lowest BCUT2D eigenvalue weighted by atomic mass is 10.1. The van der Waals surface area contributed by atoms with E-state index in [4.69, 9.17) is 10.5 Å². The molecule has 2 aromatic heterocycles. The van der Waals surface area contributed by atoms with Crippen LogP contribution in [0.2, 0.25) is 0 Å². The summed E-state index contributed by atoms with van der Waals surface area (Å²) in [7, 11) is 0. The van der Waals surface area contributed by atoms with Crippen molar-refractivity contribution >= 4 is 10.8 Å². The van der Waals surface area contributed by atoms with Gasteiger partial charge in [-0.15, -0.1) is 0 Å². The van der Waals surface area contributed by atoms with Gasteiger partial charge in [-0.2, -0.15) is 0 Å². The number of nitrogens with two attached hydrogens (primary N) is 1. The molecule has 0 unspecified atom stereocenters. The van der Waals surface area contributed by atoms with Crippen LogP contribution in [0.25, 0.3) is 22.0 Å². The lowest BCUT2D eigenvalue weighted by molar-refractivity contribution is 0.313. The number of nitrogens with one attached hydrogen (secondary N) is 2. The molecule has 3 aromatic rings. The van der Waals surface area contributed by atoms with Gasteiger partial charge in [-0.05, 0) is 37.2 Å². The first-order valence-corrected chi connectivity index (χ1v) is 7.37. The molecule has 0 fully saturated rings. The Morgan fingerprint density at radius 3 is 2.54 bits per heavy atom. The average molecular weight is 328 g/mol. The monoisotopic (exact) mass is 328 g/mol. The summed E-state index contributed by atoms with van der Waals surface area (Å²) in [5.74, 6) is 0.332. The second-order valence-corrected chi connectivity index (χ2v) is 5.17. The highest BCUT2D eigenvalue weighted by Crippen LogP contribution is 2.31. The molecule has 3 rings (SSSR count). The van der Waals surface area contributed by atoms with Gasteiger partial charge in [0.2, 0.25) is 0 Å². The molecule has 2 heterocycles. The molecule has 0 bridgehead atoms. The molecule has 1 aromatic carbocycles. The standard InChI is InChI=1S/C16H16N4O4/c17-6-1-7-24-10-4-2-9(3-5-10)13-14(21)12-11(8-18-13)15(22)19-20-16(12)23/h2-5,8,21H,1,6-7,17H2,(H,19,22)(H,20,23). The summed E-state index contributed by atoms with van der Waals surface area (Å²) in [6.07, 6.45) is 2.02. The molecule has 0 aliphatic heterocycles.